The van der Waals surface area contributed by atoms with Gasteiger partial charge in [0.05, 0.1) is 5.56 Å². The van der Waals surface area contributed by atoms with Crippen molar-refractivity contribution in [3.63, 3.8) is 0 Å². The summed E-state index contributed by atoms with van der Waals surface area (Å²) in [5.74, 6) is -0.204. The van der Waals surface area contributed by atoms with Gasteiger partial charge in [0.25, 0.3) is 5.91 Å². The van der Waals surface area contributed by atoms with E-state index in [2.05, 4.69) is 15.2 Å². The van der Waals surface area contributed by atoms with Crippen LogP contribution in [0.3, 0.4) is 0 Å². The van der Waals surface area contributed by atoms with Gasteiger partial charge in [-0.1, -0.05) is 6.42 Å². The van der Waals surface area contributed by atoms with Crippen LogP contribution < -0.4 is 10.1 Å². The van der Waals surface area contributed by atoms with Gasteiger partial charge < -0.3 is 9.64 Å². The number of pyridine rings is 1. The zero-order valence-electron chi connectivity index (χ0n) is 21.2. The molecule has 4 heterocycles. The lowest BCUT2D eigenvalue weighted by atomic mass is 9.85. The fourth-order valence-corrected chi connectivity index (χ4v) is 6.22. The molecule has 0 bridgehead atoms. The maximum atomic E-state index is 13.0. The number of halogens is 3. The van der Waals surface area contributed by atoms with E-state index in [0.29, 0.717) is 30.0 Å². The van der Waals surface area contributed by atoms with Crippen molar-refractivity contribution in [3.8, 4) is 5.75 Å². The van der Waals surface area contributed by atoms with Crippen molar-refractivity contribution in [2.75, 3.05) is 13.1 Å². The highest BCUT2D eigenvalue weighted by molar-refractivity contribution is 6.05. The van der Waals surface area contributed by atoms with E-state index in [1.54, 1.807) is 12.1 Å². The number of alkyl halides is 3. The molecule has 0 unspecified atom stereocenters. The number of amides is 3. The molecule has 3 amide bonds. The molecule has 1 N–H and O–H groups in total. The van der Waals surface area contributed by atoms with Gasteiger partial charge in [0, 0.05) is 55.5 Å². The number of hydrogen-bond donors (Lipinski definition) is 1. The summed E-state index contributed by atoms with van der Waals surface area (Å²) in [7, 11) is 0. The molecule has 1 aromatic heterocycles. The van der Waals surface area contributed by atoms with Gasteiger partial charge in [-0.25, -0.2) is 0 Å². The van der Waals surface area contributed by atoms with Crippen LogP contribution in [0.4, 0.5) is 13.2 Å². The number of carbonyl (C=O) groups is 3. The van der Waals surface area contributed by atoms with Crippen molar-refractivity contribution in [2.24, 2.45) is 0 Å². The molecule has 2 saturated heterocycles. The summed E-state index contributed by atoms with van der Waals surface area (Å²) in [5, 5.41) is 2.32. The smallest absolute Gasteiger partial charge is 0.417 e. The third kappa shape index (κ3) is 4.99. The van der Waals surface area contributed by atoms with Crippen LogP contribution in [0.2, 0.25) is 0 Å². The summed E-state index contributed by atoms with van der Waals surface area (Å²) in [6, 6.07) is 7.51. The van der Waals surface area contributed by atoms with Gasteiger partial charge in [0.15, 0.2) is 0 Å². The van der Waals surface area contributed by atoms with E-state index in [0.717, 1.165) is 56.6 Å². The quantitative estimate of drug-likeness (QED) is 0.580. The lowest BCUT2D eigenvalue weighted by molar-refractivity contribution is -0.138. The molecular weight excluding hydrogens is 513 g/mol. The van der Waals surface area contributed by atoms with E-state index in [1.165, 1.54) is 11.0 Å². The predicted octanol–water partition coefficient (Wildman–Crippen LogP) is 3.65. The normalized spacial score (nSPS) is 26.3. The highest BCUT2D eigenvalue weighted by Gasteiger charge is 2.41. The van der Waals surface area contributed by atoms with E-state index in [1.807, 2.05) is 6.07 Å². The number of benzene rings is 1. The highest BCUT2D eigenvalue weighted by Crippen LogP contribution is 2.37. The van der Waals surface area contributed by atoms with Crippen LogP contribution in [-0.4, -0.2) is 63.8 Å². The molecule has 6 rings (SSSR count). The Morgan fingerprint density at radius 3 is 2.51 bits per heavy atom. The Balaban J connectivity index is 1.09. The third-order valence-electron chi connectivity index (χ3n) is 8.36. The van der Waals surface area contributed by atoms with Gasteiger partial charge >= 0.3 is 6.18 Å². The van der Waals surface area contributed by atoms with Gasteiger partial charge in [0.2, 0.25) is 11.8 Å². The Morgan fingerprint density at radius 1 is 1.00 bits per heavy atom. The maximum Gasteiger partial charge on any atom is 0.417 e. The summed E-state index contributed by atoms with van der Waals surface area (Å²) < 4.78 is 45.0. The van der Waals surface area contributed by atoms with Crippen LogP contribution in [0.15, 0.2) is 36.5 Å². The van der Waals surface area contributed by atoms with Crippen molar-refractivity contribution in [2.45, 2.75) is 75.4 Å². The predicted molar refractivity (Wildman–Crippen MR) is 133 cm³/mol. The largest absolute Gasteiger partial charge is 0.489 e. The standard InChI is InChI=1S/C28H29F3N4O4/c29-28(30,31)18-5-8-21(32-12-18)17-13-34(14-17)22-3-1-2-4-24(22)39-19-6-7-20-16(11-19)15-35(27(20)38)23-9-10-25(36)33-26(23)37/h5-8,11-12,17,22-24H,1-4,9-10,13-15H2,(H,33,36,37)/t22-,23-,24+/m1/s1. The van der Waals surface area contributed by atoms with Crippen molar-refractivity contribution in [1.29, 1.82) is 0 Å². The third-order valence-corrected chi connectivity index (χ3v) is 8.36. The first kappa shape index (κ1) is 25.8. The molecule has 3 atom stereocenters. The summed E-state index contributed by atoms with van der Waals surface area (Å²) in [6.07, 6.45) is 1.00. The lowest BCUT2D eigenvalue weighted by Crippen LogP contribution is -2.57. The van der Waals surface area contributed by atoms with Crippen LogP contribution in [0.5, 0.6) is 5.75 Å². The van der Waals surface area contributed by atoms with Crippen LogP contribution in [0.1, 0.15) is 71.6 Å². The molecule has 0 radical (unpaired) electrons. The maximum absolute atomic E-state index is 13.0. The molecule has 1 aromatic carbocycles. The average Bonchev–Trinajstić information content (AvgIpc) is 3.19. The van der Waals surface area contributed by atoms with Crippen molar-refractivity contribution in [1.82, 2.24) is 20.1 Å². The number of piperidine rings is 1. The molecule has 1 saturated carbocycles. The minimum absolute atomic E-state index is 0.0401. The Morgan fingerprint density at radius 2 is 1.79 bits per heavy atom. The molecule has 3 fully saturated rings. The molecular formula is C28H29F3N4O4. The number of imide groups is 1. The van der Waals surface area contributed by atoms with Gasteiger partial charge in [0.1, 0.15) is 17.9 Å². The number of ether oxygens (including phenoxy) is 1. The highest BCUT2D eigenvalue weighted by atomic mass is 19.4. The first-order chi connectivity index (χ1) is 18.7. The van der Waals surface area contributed by atoms with Crippen molar-refractivity contribution < 1.29 is 32.3 Å². The Labute approximate surface area is 223 Å². The molecule has 11 heteroatoms. The fraction of sp³-hybridized carbons (Fsp3) is 0.500. The SMILES string of the molecule is O=C1CC[C@@H](N2Cc3cc(O[C@H]4CCCC[C@H]4N4CC(c5ccc(C(F)(F)F)cn5)C4)ccc3C2=O)C(=O)N1. The molecule has 0 spiro atoms. The average molecular weight is 543 g/mol. The minimum atomic E-state index is -4.39. The minimum Gasteiger partial charge on any atom is -0.489 e. The molecule has 206 valence electrons. The Bertz CT molecular complexity index is 1290. The number of carbonyl (C=O) groups excluding carboxylic acids is 3. The zero-order valence-corrected chi connectivity index (χ0v) is 21.2. The number of nitrogens with zero attached hydrogens (tertiary/aromatic N) is 3. The summed E-state index contributed by atoms with van der Waals surface area (Å²) in [6.45, 7) is 1.74. The van der Waals surface area contributed by atoms with Crippen LogP contribution in [0, 0.1) is 0 Å². The second-order valence-electron chi connectivity index (χ2n) is 10.8. The van der Waals surface area contributed by atoms with Gasteiger partial charge in [-0.05, 0) is 61.6 Å². The molecule has 1 aliphatic carbocycles. The number of nitrogens with one attached hydrogen (secondary N) is 1. The van der Waals surface area contributed by atoms with Gasteiger partial charge in [-0.15, -0.1) is 0 Å². The van der Waals surface area contributed by atoms with Gasteiger partial charge in [-0.3, -0.25) is 29.6 Å². The van der Waals surface area contributed by atoms with Crippen LogP contribution in [-0.2, 0) is 22.3 Å². The second-order valence-corrected chi connectivity index (χ2v) is 10.8. The number of rotatable bonds is 5. The number of likely N-dealkylation sites (tertiary alicyclic amines) is 1. The molecule has 4 aliphatic rings. The van der Waals surface area contributed by atoms with Gasteiger partial charge in [-0.2, -0.15) is 13.2 Å². The van der Waals surface area contributed by atoms with Crippen LogP contribution >= 0.6 is 0 Å². The topological polar surface area (TPSA) is 91.8 Å². The Hall–Kier alpha value is -3.47. The second kappa shape index (κ2) is 9.93. The molecule has 2 aromatic rings. The van der Waals surface area contributed by atoms with Crippen LogP contribution in [0.25, 0.3) is 0 Å². The molecule has 39 heavy (non-hydrogen) atoms. The number of aromatic nitrogens is 1. The van der Waals surface area contributed by atoms with E-state index in [-0.39, 0.29) is 36.3 Å². The molecule has 8 nitrogen and oxygen atoms in total. The van der Waals surface area contributed by atoms with Crippen molar-refractivity contribution in [3.05, 3.63) is 58.9 Å². The summed E-state index contributed by atoms with van der Waals surface area (Å²) >= 11 is 0. The summed E-state index contributed by atoms with van der Waals surface area (Å²) in [5.41, 5.74) is 1.28. The monoisotopic (exact) mass is 542 g/mol. The van der Waals surface area contributed by atoms with E-state index < -0.39 is 23.7 Å². The Kier molecular flexibility index (Phi) is 6.57. The number of hydrogen-bond acceptors (Lipinski definition) is 6. The van der Waals surface area contributed by atoms with E-state index in [4.69, 9.17) is 4.74 Å². The summed E-state index contributed by atoms with van der Waals surface area (Å²) in [4.78, 5) is 44.7. The number of fused-ring (bicyclic) bond motifs is 1. The first-order valence-corrected chi connectivity index (χ1v) is 13.4. The van der Waals surface area contributed by atoms with Crippen molar-refractivity contribution >= 4 is 17.7 Å². The fourth-order valence-electron chi connectivity index (χ4n) is 6.22. The van der Waals surface area contributed by atoms with E-state index in [9.17, 15) is 27.6 Å². The zero-order chi connectivity index (χ0) is 27.3. The van der Waals surface area contributed by atoms with E-state index >= 15 is 0 Å². The molecule has 3 aliphatic heterocycles. The first-order valence-electron chi connectivity index (χ1n) is 13.4. The lowest BCUT2D eigenvalue weighted by Gasteiger charge is -2.48.